The number of nitrogens with zero attached hydrogens (tertiary/aromatic N) is 1. The van der Waals surface area contributed by atoms with E-state index in [1.807, 2.05) is 12.1 Å². The van der Waals surface area contributed by atoms with E-state index in [0.717, 1.165) is 37.6 Å². The van der Waals surface area contributed by atoms with Gasteiger partial charge in [-0.1, -0.05) is 78.3 Å². The molecule has 1 aliphatic rings. The zero-order valence-corrected chi connectivity index (χ0v) is 16.2. The molecule has 3 heteroatoms. The van der Waals surface area contributed by atoms with Crippen molar-refractivity contribution in [1.29, 1.82) is 0 Å². The van der Waals surface area contributed by atoms with E-state index in [0.29, 0.717) is 0 Å². The smallest absolute Gasteiger partial charge is 0.0602 e. The Hall–Kier alpha value is -2.13. The lowest BCUT2D eigenvalue weighted by atomic mass is 9.94. The van der Waals surface area contributed by atoms with Crippen LogP contribution in [-0.2, 0) is 6.42 Å². The van der Waals surface area contributed by atoms with E-state index in [-0.39, 0.29) is 6.04 Å². The van der Waals surface area contributed by atoms with Gasteiger partial charge < -0.3 is 5.32 Å². The Morgan fingerprint density at radius 3 is 1.93 bits per heavy atom. The van der Waals surface area contributed by atoms with Gasteiger partial charge in [-0.15, -0.1) is 0 Å². The van der Waals surface area contributed by atoms with Crippen molar-refractivity contribution in [3.05, 3.63) is 106 Å². The Morgan fingerprint density at radius 1 is 0.741 bits per heavy atom. The summed E-state index contributed by atoms with van der Waals surface area (Å²) in [7, 11) is 0. The summed E-state index contributed by atoms with van der Waals surface area (Å²) in [4.78, 5) is 2.56. The highest BCUT2D eigenvalue weighted by Crippen LogP contribution is 2.30. The van der Waals surface area contributed by atoms with Crippen LogP contribution in [0.2, 0.25) is 5.02 Å². The molecule has 1 atom stereocenters. The maximum atomic E-state index is 6.12. The molecule has 0 saturated carbocycles. The molecule has 1 saturated heterocycles. The Balaban J connectivity index is 1.60. The zero-order valence-electron chi connectivity index (χ0n) is 15.4. The second-order valence-electron chi connectivity index (χ2n) is 7.14. The van der Waals surface area contributed by atoms with Crippen LogP contribution in [0.3, 0.4) is 0 Å². The molecule has 1 fully saturated rings. The number of hydrogen-bond donors (Lipinski definition) is 1. The zero-order chi connectivity index (χ0) is 18.5. The standard InChI is InChI=1S/C24H25ClN2/c25-23-12-10-22(11-13-23)24(27-16-14-26-15-17-27)21-8-6-20(7-9-21)18-19-4-2-1-3-5-19/h1-13,24,26H,14-18H2. The van der Waals surface area contributed by atoms with Crippen LogP contribution in [0.4, 0.5) is 0 Å². The van der Waals surface area contributed by atoms with Crippen molar-refractivity contribution in [2.75, 3.05) is 26.2 Å². The number of piperazine rings is 1. The molecule has 1 N–H and O–H groups in total. The van der Waals surface area contributed by atoms with E-state index in [9.17, 15) is 0 Å². The molecule has 138 valence electrons. The van der Waals surface area contributed by atoms with Gasteiger partial charge in [0.25, 0.3) is 0 Å². The fourth-order valence-electron chi connectivity index (χ4n) is 3.85. The topological polar surface area (TPSA) is 15.3 Å². The lowest BCUT2D eigenvalue weighted by Gasteiger charge is -2.35. The van der Waals surface area contributed by atoms with E-state index in [1.54, 1.807) is 0 Å². The fraction of sp³-hybridized carbons (Fsp3) is 0.250. The predicted octanol–water partition coefficient (Wildman–Crippen LogP) is 4.93. The average Bonchev–Trinajstić information content (AvgIpc) is 2.73. The van der Waals surface area contributed by atoms with E-state index < -0.39 is 0 Å². The van der Waals surface area contributed by atoms with Gasteiger partial charge in [-0.2, -0.15) is 0 Å². The van der Waals surface area contributed by atoms with E-state index >= 15 is 0 Å². The summed E-state index contributed by atoms with van der Waals surface area (Å²) in [6.45, 7) is 4.19. The molecule has 2 nitrogen and oxygen atoms in total. The predicted molar refractivity (Wildman–Crippen MR) is 113 cm³/mol. The molecule has 1 heterocycles. The van der Waals surface area contributed by atoms with Gasteiger partial charge in [0.2, 0.25) is 0 Å². The molecule has 27 heavy (non-hydrogen) atoms. The van der Waals surface area contributed by atoms with Gasteiger partial charge in [0.15, 0.2) is 0 Å². The lowest BCUT2D eigenvalue weighted by Crippen LogP contribution is -2.45. The second kappa shape index (κ2) is 8.71. The summed E-state index contributed by atoms with van der Waals surface area (Å²) < 4.78 is 0. The summed E-state index contributed by atoms with van der Waals surface area (Å²) in [5.74, 6) is 0. The Kier molecular flexibility index (Phi) is 5.88. The first kappa shape index (κ1) is 18.2. The van der Waals surface area contributed by atoms with Crippen molar-refractivity contribution in [3.63, 3.8) is 0 Å². The van der Waals surface area contributed by atoms with Gasteiger partial charge in [0.05, 0.1) is 6.04 Å². The van der Waals surface area contributed by atoms with E-state index in [1.165, 1.54) is 22.3 Å². The molecule has 0 bridgehead atoms. The van der Waals surface area contributed by atoms with Gasteiger partial charge in [-0.25, -0.2) is 0 Å². The first-order valence-corrected chi connectivity index (χ1v) is 10.0. The van der Waals surface area contributed by atoms with Crippen molar-refractivity contribution < 1.29 is 0 Å². The molecular formula is C24H25ClN2. The normalized spacial score (nSPS) is 16.2. The summed E-state index contributed by atoms with van der Waals surface area (Å²) in [6, 6.07) is 28.4. The molecule has 0 amide bonds. The molecule has 3 aromatic rings. The molecule has 0 aliphatic carbocycles. The molecule has 4 rings (SSSR count). The first-order chi connectivity index (χ1) is 13.3. The van der Waals surface area contributed by atoms with Crippen molar-refractivity contribution in [3.8, 4) is 0 Å². The number of halogens is 1. The molecular weight excluding hydrogens is 352 g/mol. The lowest BCUT2D eigenvalue weighted by molar-refractivity contribution is 0.198. The van der Waals surface area contributed by atoms with Crippen LogP contribution in [-0.4, -0.2) is 31.1 Å². The van der Waals surface area contributed by atoms with Crippen LogP contribution in [0.1, 0.15) is 28.3 Å². The maximum absolute atomic E-state index is 6.12. The largest absolute Gasteiger partial charge is 0.314 e. The molecule has 0 aromatic heterocycles. The Morgan fingerprint density at radius 2 is 1.30 bits per heavy atom. The van der Waals surface area contributed by atoms with Crippen LogP contribution in [0.15, 0.2) is 78.9 Å². The monoisotopic (exact) mass is 376 g/mol. The van der Waals surface area contributed by atoms with Gasteiger partial charge >= 0.3 is 0 Å². The van der Waals surface area contributed by atoms with Gasteiger partial charge in [-0.05, 0) is 40.8 Å². The van der Waals surface area contributed by atoms with Crippen LogP contribution < -0.4 is 5.32 Å². The third-order valence-electron chi connectivity index (χ3n) is 5.25. The number of nitrogens with one attached hydrogen (secondary N) is 1. The number of hydrogen-bond acceptors (Lipinski definition) is 2. The third-order valence-corrected chi connectivity index (χ3v) is 5.50. The van der Waals surface area contributed by atoms with E-state index in [2.05, 4.69) is 76.9 Å². The van der Waals surface area contributed by atoms with Crippen LogP contribution in [0.25, 0.3) is 0 Å². The Bertz CT molecular complexity index is 838. The van der Waals surface area contributed by atoms with Gasteiger partial charge in [-0.3, -0.25) is 4.90 Å². The average molecular weight is 377 g/mol. The molecule has 1 unspecified atom stereocenters. The first-order valence-electron chi connectivity index (χ1n) is 9.62. The Labute approximate surface area is 166 Å². The third kappa shape index (κ3) is 4.59. The minimum atomic E-state index is 0.273. The highest BCUT2D eigenvalue weighted by Gasteiger charge is 2.23. The second-order valence-corrected chi connectivity index (χ2v) is 7.58. The molecule has 0 spiro atoms. The summed E-state index contributed by atoms with van der Waals surface area (Å²) in [5, 5.41) is 4.24. The summed E-state index contributed by atoms with van der Waals surface area (Å²) in [6.07, 6.45) is 0.973. The molecule has 1 aliphatic heterocycles. The SMILES string of the molecule is Clc1ccc(C(c2ccc(Cc3ccccc3)cc2)N2CCNCC2)cc1. The van der Waals surface area contributed by atoms with Crippen molar-refractivity contribution in [1.82, 2.24) is 10.2 Å². The quantitative estimate of drug-likeness (QED) is 0.679. The fourth-order valence-corrected chi connectivity index (χ4v) is 3.97. The van der Waals surface area contributed by atoms with Crippen LogP contribution in [0, 0.1) is 0 Å². The summed E-state index contributed by atoms with van der Waals surface area (Å²) >= 11 is 6.12. The van der Waals surface area contributed by atoms with Gasteiger partial charge in [0, 0.05) is 31.2 Å². The maximum Gasteiger partial charge on any atom is 0.0602 e. The minimum Gasteiger partial charge on any atom is -0.314 e. The highest BCUT2D eigenvalue weighted by molar-refractivity contribution is 6.30. The van der Waals surface area contributed by atoms with Crippen molar-refractivity contribution in [2.24, 2.45) is 0 Å². The molecule has 0 radical (unpaired) electrons. The van der Waals surface area contributed by atoms with Crippen LogP contribution >= 0.6 is 11.6 Å². The highest BCUT2D eigenvalue weighted by atomic mass is 35.5. The number of benzene rings is 3. The van der Waals surface area contributed by atoms with Crippen molar-refractivity contribution in [2.45, 2.75) is 12.5 Å². The minimum absolute atomic E-state index is 0.273. The van der Waals surface area contributed by atoms with Crippen LogP contribution in [0.5, 0.6) is 0 Å². The molecule has 3 aromatic carbocycles. The van der Waals surface area contributed by atoms with Gasteiger partial charge in [0.1, 0.15) is 0 Å². The van der Waals surface area contributed by atoms with E-state index in [4.69, 9.17) is 11.6 Å². The number of rotatable bonds is 5. The summed E-state index contributed by atoms with van der Waals surface area (Å²) in [5.41, 5.74) is 5.34. The van der Waals surface area contributed by atoms with Crippen molar-refractivity contribution >= 4 is 11.6 Å².